The van der Waals surface area contributed by atoms with E-state index in [2.05, 4.69) is 4.98 Å². The fraction of sp³-hybridized carbons (Fsp3) is 0.105. The molecule has 0 atom stereocenters. The largest absolute Gasteiger partial charge is 0.493 e. The number of nitrogens with zero attached hydrogens (tertiary/aromatic N) is 1. The first-order valence-corrected chi connectivity index (χ1v) is 7.62. The van der Waals surface area contributed by atoms with Crippen LogP contribution in [0.1, 0.15) is 12.5 Å². The van der Waals surface area contributed by atoms with Gasteiger partial charge in [0.1, 0.15) is 5.75 Å². The third-order valence-electron chi connectivity index (χ3n) is 3.43. The molecule has 0 spiro atoms. The predicted octanol–water partition coefficient (Wildman–Crippen LogP) is 5.72. The molecule has 3 nitrogen and oxygen atoms in total. The Bertz CT molecular complexity index is 874. The van der Waals surface area contributed by atoms with Crippen molar-refractivity contribution in [2.24, 2.45) is 0 Å². The van der Waals surface area contributed by atoms with Crippen LogP contribution in [0.25, 0.3) is 17.0 Å². The third-order valence-corrected chi connectivity index (χ3v) is 3.67. The summed E-state index contributed by atoms with van der Waals surface area (Å²) in [5.41, 5.74) is 1.85. The van der Waals surface area contributed by atoms with Crippen LogP contribution in [-0.2, 0) is 0 Å². The normalized spacial score (nSPS) is 11.1. The van der Waals surface area contributed by atoms with Crippen molar-refractivity contribution in [2.75, 3.05) is 7.11 Å². The highest BCUT2D eigenvalue weighted by atomic mass is 35.5. The number of ether oxygens (including phenoxy) is 2. The van der Waals surface area contributed by atoms with Gasteiger partial charge in [-0.15, -0.1) is 0 Å². The molecular weight excluding hydrogens is 310 g/mol. The lowest BCUT2D eigenvalue weighted by molar-refractivity contribution is 0.380. The Hall–Kier alpha value is -2.52. The fourth-order valence-corrected chi connectivity index (χ4v) is 2.53. The van der Waals surface area contributed by atoms with E-state index in [0.29, 0.717) is 22.3 Å². The van der Waals surface area contributed by atoms with Crippen molar-refractivity contribution in [2.45, 2.75) is 6.92 Å². The van der Waals surface area contributed by atoms with Crippen LogP contribution in [0.3, 0.4) is 0 Å². The molecule has 2 aromatic carbocycles. The molecular formula is C19H16ClNO2. The van der Waals surface area contributed by atoms with Crippen molar-refractivity contribution in [1.82, 2.24) is 4.98 Å². The van der Waals surface area contributed by atoms with Gasteiger partial charge in [0.05, 0.1) is 12.6 Å². The molecule has 23 heavy (non-hydrogen) atoms. The van der Waals surface area contributed by atoms with Gasteiger partial charge in [-0.3, -0.25) is 4.98 Å². The molecule has 0 saturated heterocycles. The quantitative estimate of drug-likeness (QED) is 0.614. The summed E-state index contributed by atoms with van der Waals surface area (Å²) in [5.74, 6) is 2.05. The zero-order valence-electron chi connectivity index (χ0n) is 12.9. The summed E-state index contributed by atoms with van der Waals surface area (Å²) in [5, 5.41) is 1.55. The monoisotopic (exact) mass is 325 g/mol. The average Bonchev–Trinajstić information content (AvgIpc) is 2.56. The van der Waals surface area contributed by atoms with Crippen molar-refractivity contribution in [3.05, 3.63) is 65.3 Å². The van der Waals surface area contributed by atoms with E-state index in [1.807, 2.05) is 61.5 Å². The van der Waals surface area contributed by atoms with Crippen LogP contribution in [0.15, 0.2) is 54.7 Å². The second kappa shape index (κ2) is 6.71. The Kier molecular flexibility index (Phi) is 4.49. The summed E-state index contributed by atoms with van der Waals surface area (Å²) in [6.45, 7) is 1.98. The first kappa shape index (κ1) is 15.4. The molecule has 0 fully saturated rings. The molecule has 0 aliphatic carbocycles. The minimum atomic E-state index is 0.649. The maximum atomic E-state index is 6.05. The van der Waals surface area contributed by atoms with Crippen LogP contribution < -0.4 is 9.47 Å². The summed E-state index contributed by atoms with van der Waals surface area (Å²) in [4.78, 5) is 4.32. The number of methoxy groups -OCH3 is 1. The number of aromatic nitrogens is 1. The molecule has 0 aliphatic heterocycles. The number of rotatable bonds is 4. The number of fused-ring (bicyclic) bond motifs is 1. The van der Waals surface area contributed by atoms with E-state index < -0.39 is 0 Å². The smallest absolute Gasteiger partial charge is 0.169 e. The fourth-order valence-electron chi connectivity index (χ4n) is 2.37. The Morgan fingerprint density at radius 1 is 1.00 bits per heavy atom. The predicted molar refractivity (Wildman–Crippen MR) is 94.5 cm³/mol. The van der Waals surface area contributed by atoms with Crippen LogP contribution in [-0.4, -0.2) is 12.1 Å². The van der Waals surface area contributed by atoms with E-state index in [4.69, 9.17) is 21.1 Å². The van der Waals surface area contributed by atoms with Crippen LogP contribution in [0, 0.1) is 0 Å². The maximum absolute atomic E-state index is 6.05. The lowest BCUT2D eigenvalue weighted by atomic mass is 10.2. The summed E-state index contributed by atoms with van der Waals surface area (Å²) >= 11 is 6.02. The van der Waals surface area contributed by atoms with Gasteiger partial charge in [0.2, 0.25) is 0 Å². The second-order valence-corrected chi connectivity index (χ2v) is 5.42. The minimum absolute atomic E-state index is 0.649. The number of hydrogen-bond acceptors (Lipinski definition) is 3. The van der Waals surface area contributed by atoms with E-state index in [9.17, 15) is 0 Å². The highest BCUT2D eigenvalue weighted by molar-refractivity contribution is 6.31. The van der Waals surface area contributed by atoms with Gasteiger partial charge in [0.15, 0.2) is 11.5 Å². The molecule has 0 aliphatic rings. The van der Waals surface area contributed by atoms with Gasteiger partial charge in [-0.2, -0.15) is 0 Å². The Balaban J connectivity index is 2.02. The first-order chi connectivity index (χ1) is 11.2. The van der Waals surface area contributed by atoms with E-state index in [0.717, 1.165) is 16.5 Å². The Morgan fingerprint density at radius 2 is 1.87 bits per heavy atom. The van der Waals surface area contributed by atoms with Crippen LogP contribution in [0.4, 0.5) is 0 Å². The summed E-state index contributed by atoms with van der Waals surface area (Å²) in [6.07, 6.45) is 5.69. The van der Waals surface area contributed by atoms with E-state index in [1.165, 1.54) is 0 Å². The highest BCUT2D eigenvalue weighted by Gasteiger charge is 2.09. The molecule has 4 heteroatoms. The minimum Gasteiger partial charge on any atom is -0.493 e. The van der Waals surface area contributed by atoms with Crippen LogP contribution in [0.2, 0.25) is 5.02 Å². The highest BCUT2D eigenvalue weighted by Crippen LogP contribution is 2.35. The molecule has 0 unspecified atom stereocenters. The molecule has 0 bridgehead atoms. The van der Waals surface area contributed by atoms with Gasteiger partial charge in [0.25, 0.3) is 0 Å². The zero-order chi connectivity index (χ0) is 16.2. The lowest BCUT2D eigenvalue weighted by Gasteiger charge is -2.12. The van der Waals surface area contributed by atoms with Gasteiger partial charge < -0.3 is 9.47 Å². The second-order valence-electron chi connectivity index (χ2n) is 4.98. The maximum Gasteiger partial charge on any atom is 0.169 e. The van der Waals surface area contributed by atoms with Crippen molar-refractivity contribution in [1.29, 1.82) is 0 Å². The van der Waals surface area contributed by atoms with Gasteiger partial charge in [-0.05, 0) is 48.9 Å². The average molecular weight is 326 g/mol. The molecule has 1 aromatic heterocycles. The molecule has 1 heterocycles. The van der Waals surface area contributed by atoms with Gasteiger partial charge in [-0.1, -0.05) is 29.8 Å². The van der Waals surface area contributed by atoms with Gasteiger partial charge in [-0.25, -0.2) is 0 Å². The van der Waals surface area contributed by atoms with Crippen molar-refractivity contribution in [3.8, 4) is 17.2 Å². The van der Waals surface area contributed by atoms with Gasteiger partial charge >= 0.3 is 0 Å². The SMILES string of the molecule is C/C=C/c1ccc(Oc2ccnc3cc(Cl)ccc23)c(OC)c1. The third kappa shape index (κ3) is 3.30. The van der Waals surface area contributed by atoms with Crippen molar-refractivity contribution < 1.29 is 9.47 Å². The first-order valence-electron chi connectivity index (χ1n) is 7.24. The Morgan fingerprint density at radius 3 is 2.65 bits per heavy atom. The van der Waals surface area contributed by atoms with Crippen LogP contribution in [0.5, 0.6) is 17.2 Å². The molecule has 0 amide bonds. The van der Waals surface area contributed by atoms with Crippen molar-refractivity contribution in [3.63, 3.8) is 0 Å². The Labute approximate surface area is 140 Å². The van der Waals surface area contributed by atoms with E-state index >= 15 is 0 Å². The number of pyridine rings is 1. The standard InChI is InChI=1S/C19H16ClNO2/c1-3-4-13-5-8-18(19(11-13)22-2)23-17-9-10-21-16-12-14(20)6-7-15(16)17/h3-12H,1-2H3/b4-3+. The number of benzene rings is 2. The molecule has 0 radical (unpaired) electrons. The number of hydrogen-bond donors (Lipinski definition) is 0. The molecule has 3 aromatic rings. The zero-order valence-corrected chi connectivity index (χ0v) is 13.7. The molecule has 0 N–H and O–H groups in total. The molecule has 0 saturated carbocycles. The summed E-state index contributed by atoms with van der Waals surface area (Å²) in [6, 6.07) is 13.2. The lowest BCUT2D eigenvalue weighted by Crippen LogP contribution is -1.92. The van der Waals surface area contributed by atoms with E-state index in [-0.39, 0.29) is 0 Å². The number of allylic oxidation sites excluding steroid dienone is 1. The van der Waals surface area contributed by atoms with E-state index in [1.54, 1.807) is 13.3 Å². The van der Waals surface area contributed by atoms with Gasteiger partial charge in [0, 0.05) is 16.6 Å². The van der Waals surface area contributed by atoms with Crippen molar-refractivity contribution >= 4 is 28.6 Å². The topological polar surface area (TPSA) is 31.4 Å². The molecule has 3 rings (SSSR count). The molecule has 116 valence electrons. The summed E-state index contributed by atoms with van der Waals surface area (Å²) in [7, 11) is 1.63. The summed E-state index contributed by atoms with van der Waals surface area (Å²) < 4.78 is 11.5. The number of halogens is 1. The van der Waals surface area contributed by atoms with Crippen LogP contribution >= 0.6 is 11.6 Å².